The largest absolute Gasteiger partial charge is 0.479 e. The second-order valence-electron chi connectivity index (χ2n) is 8.15. The molecule has 2 heterocycles. The van der Waals surface area contributed by atoms with E-state index < -0.39 is 12.1 Å². The van der Waals surface area contributed by atoms with Crippen LogP contribution in [0.15, 0.2) is 30.3 Å². The van der Waals surface area contributed by atoms with Crippen molar-refractivity contribution >= 4 is 11.9 Å². The maximum absolute atomic E-state index is 13.1. The van der Waals surface area contributed by atoms with Gasteiger partial charge in [-0.05, 0) is 56.4 Å². The lowest BCUT2D eigenvalue weighted by Crippen LogP contribution is -2.45. The van der Waals surface area contributed by atoms with Crippen molar-refractivity contribution in [3.05, 3.63) is 35.9 Å². The minimum Gasteiger partial charge on any atom is -0.479 e. The van der Waals surface area contributed by atoms with Crippen LogP contribution in [0.5, 0.6) is 0 Å². The van der Waals surface area contributed by atoms with Gasteiger partial charge in [-0.2, -0.15) is 0 Å². The summed E-state index contributed by atoms with van der Waals surface area (Å²) >= 11 is 0. The molecule has 1 aliphatic carbocycles. The van der Waals surface area contributed by atoms with E-state index >= 15 is 0 Å². The molecule has 140 valence electrons. The van der Waals surface area contributed by atoms with Gasteiger partial charge >= 0.3 is 5.97 Å². The molecule has 5 nitrogen and oxygen atoms in total. The Kier molecular flexibility index (Phi) is 4.74. The average molecular weight is 357 g/mol. The summed E-state index contributed by atoms with van der Waals surface area (Å²) in [5.41, 5.74) is 1.07. The smallest absolute Gasteiger partial charge is 0.332 e. The molecule has 2 aliphatic heterocycles. The van der Waals surface area contributed by atoms with Gasteiger partial charge in [0.2, 0.25) is 5.91 Å². The number of carboxylic acid groups (broad SMARTS) is 1. The van der Waals surface area contributed by atoms with Gasteiger partial charge in [0.1, 0.15) is 0 Å². The number of likely N-dealkylation sites (tertiary alicyclic amines) is 1. The zero-order valence-corrected chi connectivity index (χ0v) is 15.1. The van der Waals surface area contributed by atoms with Crippen molar-refractivity contribution in [2.75, 3.05) is 13.1 Å². The Balaban J connectivity index is 1.31. The predicted molar refractivity (Wildman–Crippen MR) is 96.6 cm³/mol. The molecule has 2 atom stereocenters. The number of carbonyl (C=O) groups excluding carboxylic acids is 1. The van der Waals surface area contributed by atoms with Crippen molar-refractivity contribution in [1.82, 2.24) is 4.90 Å². The minimum absolute atomic E-state index is 0.0487. The summed E-state index contributed by atoms with van der Waals surface area (Å²) < 4.78 is 5.71. The normalized spacial score (nSPS) is 28.1. The summed E-state index contributed by atoms with van der Waals surface area (Å²) in [6, 6.07) is 10.3. The number of piperidine rings is 1. The highest BCUT2D eigenvalue weighted by atomic mass is 16.5. The van der Waals surface area contributed by atoms with Crippen LogP contribution in [0.3, 0.4) is 0 Å². The zero-order chi connectivity index (χ0) is 18.1. The first-order valence-corrected chi connectivity index (χ1v) is 9.79. The standard InChI is InChI=1S/C21H27NO4/c23-19(24)18-7-6-17(26-18)16-8-12-22(13-9-16)20(25)21(10-11-21)14-15-4-2-1-3-5-15/h1-5,16-18H,6-14H2,(H,23,24)/t17-,18+/m0/s1. The number of carboxylic acids is 1. The molecule has 3 aliphatic rings. The summed E-state index contributed by atoms with van der Waals surface area (Å²) in [6.45, 7) is 1.55. The SMILES string of the molecule is O=C(O)[C@H]1CC[C@@H](C2CCN(C(=O)C3(Cc4ccccc4)CC3)CC2)O1. The second-order valence-corrected chi connectivity index (χ2v) is 8.15. The van der Waals surface area contributed by atoms with Crippen molar-refractivity contribution < 1.29 is 19.4 Å². The minimum atomic E-state index is -0.850. The topological polar surface area (TPSA) is 66.8 Å². The molecule has 1 aromatic rings. The molecular weight excluding hydrogens is 330 g/mol. The van der Waals surface area contributed by atoms with E-state index in [1.807, 2.05) is 23.1 Å². The third-order valence-electron chi connectivity index (χ3n) is 6.37. The lowest BCUT2D eigenvalue weighted by atomic mass is 9.88. The van der Waals surface area contributed by atoms with Gasteiger partial charge in [0.25, 0.3) is 0 Å². The van der Waals surface area contributed by atoms with Gasteiger partial charge in [-0.25, -0.2) is 4.79 Å². The van der Waals surface area contributed by atoms with Gasteiger partial charge in [0.15, 0.2) is 6.10 Å². The van der Waals surface area contributed by atoms with Crippen LogP contribution in [0.4, 0.5) is 0 Å². The Morgan fingerprint density at radius 1 is 1.08 bits per heavy atom. The molecule has 1 N–H and O–H groups in total. The van der Waals surface area contributed by atoms with E-state index in [4.69, 9.17) is 9.84 Å². The molecule has 0 unspecified atom stereocenters. The highest BCUT2D eigenvalue weighted by Gasteiger charge is 2.52. The van der Waals surface area contributed by atoms with Crippen LogP contribution in [-0.4, -0.2) is 47.2 Å². The van der Waals surface area contributed by atoms with Crippen LogP contribution in [0.2, 0.25) is 0 Å². The fraction of sp³-hybridized carbons (Fsp3) is 0.619. The fourth-order valence-corrected chi connectivity index (χ4v) is 4.60. The Labute approximate surface area is 154 Å². The highest BCUT2D eigenvalue weighted by Crippen LogP contribution is 2.50. The van der Waals surface area contributed by atoms with Gasteiger partial charge in [-0.15, -0.1) is 0 Å². The summed E-state index contributed by atoms with van der Waals surface area (Å²) in [7, 11) is 0. The van der Waals surface area contributed by atoms with E-state index in [9.17, 15) is 9.59 Å². The molecule has 2 saturated heterocycles. The average Bonchev–Trinajstić information content (AvgIpc) is 3.26. The molecule has 0 radical (unpaired) electrons. The van der Waals surface area contributed by atoms with E-state index in [0.717, 1.165) is 51.6 Å². The molecule has 26 heavy (non-hydrogen) atoms. The summed E-state index contributed by atoms with van der Waals surface area (Å²) in [4.78, 5) is 26.2. The lowest BCUT2D eigenvalue weighted by molar-refractivity contribution is -0.151. The molecule has 0 aromatic heterocycles. The van der Waals surface area contributed by atoms with Crippen molar-refractivity contribution in [3.63, 3.8) is 0 Å². The molecule has 0 bridgehead atoms. The van der Waals surface area contributed by atoms with Crippen LogP contribution in [0.25, 0.3) is 0 Å². The molecule has 0 spiro atoms. The Morgan fingerprint density at radius 3 is 2.35 bits per heavy atom. The van der Waals surface area contributed by atoms with Gasteiger partial charge < -0.3 is 14.7 Å². The third kappa shape index (κ3) is 3.50. The Morgan fingerprint density at radius 2 is 1.77 bits per heavy atom. The number of hydrogen-bond acceptors (Lipinski definition) is 3. The first kappa shape index (κ1) is 17.5. The zero-order valence-electron chi connectivity index (χ0n) is 15.1. The van der Waals surface area contributed by atoms with Crippen LogP contribution in [0, 0.1) is 11.3 Å². The van der Waals surface area contributed by atoms with Crippen LogP contribution < -0.4 is 0 Å². The first-order valence-electron chi connectivity index (χ1n) is 9.79. The molecule has 4 rings (SSSR count). The molecule has 1 aromatic carbocycles. The monoisotopic (exact) mass is 357 g/mol. The highest BCUT2D eigenvalue weighted by molar-refractivity contribution is 5.85. The summed E-state index contributed by atoms with van der Waals surface area (Å²) in [5.74, 6) is -0.153. The Hall–Kier alpha value is -1.88. The molecule has 1 saturated carbocycles. The predicted octanol–water partition coefficient (Wildman–Crippen LogP) is 2.88. The summed E-state index contributed by atoms with van der Waals surface area (Å²) in [5, 5.41) is 9.08. The van der Waals surface area contributed by atoms with E-state index in [1.165, 1.54) is 5.56 Å². The van der Waals surface area contributed by atoms with E-state index in [0.29, 0.717) is 18.2 Å². The van der Waals surface area contributed by atoms with E-state index in [2.05, 4.69) is 12.1 Å². The molecular formula is C21H27NO4. The number of ether oxygens (including phenoxy) is 1. The lowest BCUT2D eigenvalue weighted by Gasteiger charge is -2.36. The number of aliphatic carboxylic acids is 1. The van der Waals surface area contributed by atoms with Crippen molar-refractivity contribution in [2.45, 2.75) is 57.2 Å². The van der Waals surface area contributed by atoms with E-state index in [1.54, 1.807) is 0 Å². The van der Waals surface area contributed by atoms with Gasteiger partial charge in [-0.3, -0.25) is 4.79 Å². The van der Waals surface area contributed by atoms with Crippen LogP contribution in [0.1, 0.15) is 44.1 Å². The van der Waals surface area contributed by atoms with Gasteiger partial charge in [0.05, 0.1) is 11.5 Å². The second kappa shape index (κ2) is 7.03. The third-order valence-corrected chi connectivity index (χ3v) is 6.37. The molecule has 5 heteroatoms. The maximum atomic E-state index is 13.1. The molecule has 3 fully saturated rings. The number of benzene rings is 1. The van der Waals surface area contributed by atoms with Crippen molar-refractivity contribution in [3.8, 4) is 0 Å². The number of rotatable bonds is 5. The van der Waals surface area contributed by atoms with Crippen LogP contribution >= 0.6 is 0 Å². The number of hydrogen-bond donors (Lipinski definition) is 1. The quantitative estimate of drug-likeness (QED) is 0.880. The maximum Gasteiger partial charge on any atom is 0.332 e. The summed E-state index contributed by atoms with van der Waals surface area (Å²) in [6.07, 6.45) is 5.52. The Bertz CT molecular complexity index is 662. The van der Waals surface area contributed by atoms with Crippen LogP contribution in [-0.2, 0) is 20.7 Å². The van der Waals surface area contributed by atoms with Crippen molar-refractivity contribution in [2.24, 2.45) is 11.3 Å². The number of amides is 1. The van der Waals surface area contributed by atoms with E-state index in [-0.39, 0.29) is 11.5 Å². The first-order chi connectivity index (χ1) is 12.6. The molecule has 1 amide bonds. The fourth-order valence-electron chi connectivity index (χ4n) is 4.60. The number of carbonyl (C=O) groups is 2. The van der Waals surface area contributed by atoms with Gasteiger partial charge in [-0.1, -0.05) is 30.3 Å². The van der Waals surface area contributed by atoms with Crippen molar-refractivity contribution in [1.29, 1.82) is 0 Å². The van der Waals surface area contributed by atoms with Gasteiger partial charge in [0, 0.05) is 13.1 Å². The number of nitrogens with zero attached hydrogens (tertiary/aromatic N) is 1.